The Balaban J connectivity index is 1.68. The molecule has 0 fully saturated rings. The van der Waals surface area contributed by atoms with E-state index in [4.69, 9.17) is 0 Å². The SMILES string of the molecule is Cc1ncc2c(-c3nc(C)c4c(n3)NC(=O)C4(C)C)nn(Cc3cccc(F)c3F)c2n1. The van der Waals surface area contributed by atoms with E-state index < -0.39 is 17.0 Å². The molecule has 1 N–H and O–H groups in total. The molecule has 0 aliphatic carbocycles. The quantitative estimate of drug-likeness (QED) is 0.529. The van der Waals surface area contributed by atoms with E-state index in [0.717, 1.165) is 11.6 Å². The second-order valence-electron chi connectivity index (χ2n) is 8.31. The van der Waals surface area contributed by atoms with Crippen molar-refractivity contribution in [2.45, 2.75) is 39.7 Å². The van der Waals surface area contributed by atoms with Gasteiger partial charge in [-0.25, -0.2) is 33.4 Å². The van der Waals surface area contributed by atoms with Crippen LogP contribution in [0.1, 0.15) is 36.5 Å². The first-order valence-electron chi connectivity index (χ1n) is 10.0. The van der Waals surface area contributed by atoms with Crippen molar-refractivity contribution >= 4 is 22.8 Å². The Labute approximate surface area is 181 Å². The van der Waals surface area contributed by atoms with Gasteiger partial charge in [-0.3, -0.25) is 4.79 Å². The summed E-state index contributed by atoms with van der Waals surface area (Å²) in [6, 6.07) is 4.00. The largest absolute Gasteiger partial charge is 0.310 e. The third kappa shape index (κ3) is 2.94. The molecule has 1 aromatic carbocycles. The van der Waals surface area contributed by atoms with Gasteiger partial charge in [0.2, 0.25) is 5.91 Å². The summed E-state index contributed by atoms with van der Waals surface area (Å²) in [4.78, 5) is 30.2. The molecule has 0 atom stereocenters. The predicted octanol–water partition coefficient (Wildman–Crippen LogP) is 3.46. The number of nitrogens with zero attached hydrogens (tertiary/aromatic N) is 6. The lowest BCUT2D eigenvalue weighted by Crippen LogP contribution is -2.27. The van der Waals surface area contributed by atoms with Crippen molar-refractivity contribution in [3.05, 3.63) is 58.7 Å². The van der Waals surface area contributed by atoms with Crippen LogP contribution in [-0.2, 0) is 16.8 Å². The zero-order valence-corrected chi connectivity index (χ0v) is 17.9. The fourth-order valence-electron chi connectivity index (χ4n) is 4.05. The molecule has 1 aliphatic heterocycles. The molecule has 4 aromatic rings. The van der Waals surface area contributed by atoms with Crippen LogP contribution in [0.2, 0.25) is 0 Å². The number of rotatable bonds is 3. The molecule has 1 amide bonds. The van der Waals surface area contributed by atoms with Crippen molar-refractivity contribution in [2.24, 2.45) is 0 Å². The topological polar surface area (TPSA) is 98.5 Å². The summed E-state index contributed by atoms with van der Waals surface area (Å²) >= 11 is 0. The van der Waals surface area contributed by atoms with Crippen LogP contribution < -0.4 is 5.32 Å². The molecule has 0 bridgehead atoms. The van der Waals surface area contributed by atoms with Gasteiger partial charge >= 0.3 is 0 Å². The first kappa shape index (κ1) is 20.1. The Morgan fingerprint density at radius 1 is 1.12 bits per heavy atom. The Morgan fingerprint density at radius 2 is 1.91 bits per heavy atom. The van der Waals surface area contributed by atoms with E-state index in [1.54, 1.807) is 13.1 Å². The molecule has 4 heterocycles. The maximum absolute atomic E-state index is 14.3. The van der Waals surface area contributed by atoms with E-state index in [1.807, 2.05) is 20.8 Å². The van der Waals surface area contributed by atoms with Crippen molar-refractivity contribution in [1.29, 1.82) is 0 Å². The Morgan fingerprint density at radius 3 is 2.69 bits per heavy atom. The van der Waals surface area contributed by atoms with Crippen LogP contribution in [0.15, 0.2) is 24.4 Å². The Bertz CT molecular complexity index is 1430. The lowest BCUT2D eigenvalue weighted by atomic mass is 9.86. The van der Waals surface area contributed by atoms with E-state index >= 15 is 0 Å². The highest BCUT2D eigenvalue weighted by Crippen LogP contribution is 2.39. The normalized spacial score (nSPS) is 14.6. The van der Waals surface area contributed by atoms with E-state index in [9.17, 15) is 13.6 Å². The van der Waals surface area contributed by atoms with Gasteiger partial charge in [0.15, 0.2) is 23.1 Å². The monoisotopic (exact) mass is 435 g/mol. The molecule has 162 valence electrons. The van der Waals surface area contributed by atoms with Crippen LogP contribution in [0, 0.1) is 25.5 Å². The lowest BCUT2D eigenvalue weighted by molar-refractivity contribution is -0.119. The van der Waals surface area contributed by atoms with Gasteiger partial charge in [-0.1, -0.05) is 12.1 Å². The van der Waals surface area contributed by atoms with Crippen molar-refractivity contribution in [1.82, 2.24) is 29.7 Å². The van der Waals surface area contributed by atoms with Crippen LogP contribution in [0.4, 0.5) is 14.6 Å². The number of benzene rings is 1. The number of aryl methyl sites for hydroxylation is 2. The molecule has 0 saturated carbocycles. The highest BCUT2D eigenvalue weighted by molar-refractivity contribution is 6.05. The van der Waals surface area contributed by atoms with Gasteiger partial charge in [-0.15, -0.1) is 0 Å². The Hall–Kier alpha value is -3.82. The fraction of sp³-hybridized carbons (Fsp3) is 0.273. The third-order valence-corrected chi connectivity index (χ3v) is 5.69. The number of fused-ring (bicyclic) bond motifs is 2. The molecule has 8 nitrogen and oxygen atoms in total. The molecule has 0 spiro atoms. The number of aromatic nitrogens is 6. The number of carbonyl (C=O) groups is 1. The fourth-order valence-corrected chi connectivity index (χ4v) is 4.05. The summed E-state index contributed by atoms with van der Waals surface area (Å²) in [5.74, 6) is -0.786. The minimum absolute atomic E-state index is 0.0375. The van der Waals surface area contributed by atoms with Gasteiger partial charge < -0.3 is 5.32 Å². The van der Waals surface area contributed by atoms with E-state index in [1.165, 1.54) is 16.8 Å². The van der Waals surface area contributed by atoms with Crippen molar-refractivity contribution in [3.63, 3.8) is 0 Å². The number of carbonyl (C=O) groups excluding carboxylic acids is 1. The van der Waals surface area contributed by atoms with Gasteiger partial charge in [-0.2, -0.15) is 5.10 Å². The minimum Gasteiger partial charge on any atom is -0.310 e. The summed E-state index contributed by atoms with van der Waals surface area (Å²) < 4.78 is 29.5. The maximum atomic E-state index is 14.3. The van der Waals surface area contributed by atoms with Crippen LogP contribution in [0.3, 0.4) is 0 Å². The highest BCUT2D eigenvalue weighted by Gasteiger charge is 2.41. The second kappa shape index (κ2) is 6.84. The molecule has 5 rings (SSSR count). The minimum atomic E-state index is -0.932. The molecule has 10 heteroatoms. The summed E-state index contributed by atoms with van der Waals surface area (Å²) in [6.45, 7) is 7.14. The number of halogens is 2. The summed E-state index contributed by atoms with van der Waals surface area (Å²) in [7, 11) is 0. The Kier molecular flexibility index (Phi) is 4.30. The van der Waals surface area contributed by atoms with Crippen LogP contribution in [0.25, 0.3) is 22.6 Å². The highest BCUT2D eigenvalue weighted by atomic mass is 19.2. The van der Waals surface area contributed by atoms with Crippen molar-refractivity contribution in [3.8, 4) is 11.5 Å². The average molecular weight is 435 g/mol. The summed E-state index contributed by atoms with van der Waals surface area (Å²) in [5.41, 5.74) is 1.62. The van der Waals surface area contributed by atoms with Crippen LogP contribution in [-0.4, -0.2) is 35.6 Å². The smallest absolute Gasteiger partial charge is 0.235 e. The maximum Gasteiger partial charge on any atom is 0.235 e. The first-order valence-corrected chi connectivity index (χ1v) is 10.0. The number of nitrogens with one attached hydrogen (secondary N) is 1. The van der Waals surface area contributed by atoms with E-state index in [2.05, 4.69) is 30.4 Å². The number of amides is 1. The van der Waals surface area contributed by atoms with Gasteiger partial charge in [0, 0.05) is 23.0 Å². The van der Waals surface area contributed by atoms with Crippen LogP contribution >= 0.6 is 0 Å². The molecule has 1 aliphatic rings. The number of anilines is 1. The zero-order chi connectivity index (χ0) is 22.8. The second-order valence-corrected chi connectivity index (χ2v) is 8.31. The van der Waals surface area contributed by atoms with Crippen LogP contribution in [0.5, 0.6) is 0 Å². The number of hydrogen-bond acceptors (Lipinski definition) is 6. The zero-order valence-electron chi connectivity index (χ0n) is 17.9. The van der Waals surface area contributed by atoms with Crippen molar-refractivity contribution in [2.75, 3.05) is 5.32 Å². The van der Waals surface area contributed by atoms with Crippen molar-refractivity contribution < 1.29 is 13.6 Å². The predicted molar refractivity (Wildman–Crippen MR) is 113 cm³/mol. The van der Waals surface area contributed by atoms with Gasteiger partial charge in [-0.05, 0) is 33.8 Å². The van der Waals surface area contributed by atoms with Gasteiger partial charge in [0.25, 0.3) is 0 Å². The first-order chi connectivity index (χ1) is 15.2. The molecule has 32 heavy (non-hydrogen) atoms. The summed E-state index contributed by atoms with van der Waals surface area (Å²) in [6.07, 6.45) is 1.60. The van der Waals surface area contributed by atoms with E-state index in [-0.39, 0.29) is 23.8 Å². The third-order valence-electron chi connectivity index (χ3n) is 5.69. The van der Waals surface area contributed by atoms with Gasteiger partial charge in [0.05, 0.1) is 17.3 Å². The number of hydrogen-bond donors (Lipinski definition) is 1. The van der Waals surface area contributed by atoms with Gasteiger partial charge in [0.1, 0.15) is 17.3 Å². The summed E-state index contributed by atoms with van der Waals surface area (Å²) in [5, 5.41) is 7.95. The molecule has 0 radical (unpaired) electrons. The molecule has 0 unspecified atom stereocenters. The molecular weight excluding hydrogens is 416 g/mol. The molecule has 3 aromatic heterocycles. The lowest BCUT2D eigenvalue weighted by Gasteiger charge is -2.16. The molecule has 0 saturated heterocycles. The standard InChI is InChI=1S/C22H19F2N7O/c1-10-15-18(29-21(32)22(15,3)4)28-19(26-10)17-13-8-25-11(2)27-20(13)31(30-17)9-12-6-5-7-14(23)16(12)24/h5-8H,9H2,1-4H3,(H,26,28,29,32). The van der Waals surface area contributed by atoms with E-state index in [0.29, 0.717) is 34.1 Å². The molecular formula is C22H19F2N7O. The average Bonchev–Trinajstić information content (AvgIpc) is 3.19.